The number of hydrogen-bond donors (Lipinski definition) is 0. The van der Waals surface area contributed by atoms with Gasteiger partial charge in [0.25, 0.3) is 0 Å². The van der Waals surface area contributed by atoms with Gasteiger partial charge in [0.2, 0.25) is 0 Å². The molecule has 0 bridgehead atoms. The normalized spacial score (nSPS) is 15.5. The third-order valence-corrected chi connectivity index (χ3v) is 6.32. The second kappa shape index (κ2) is 10.8. The van der Waals surface area contributed by atoms with E-state index in [0.717, 1.165) is 57.7 Å². The zero-order valence-corrected chi connectivity index (χ0v) is 19.1. The van der Waals surface area contributed by atoms with Crippen molar-refractivity contribution in [3.05, 3.63) is 58.9 Å². The van der Waals surface area contributed by atoms with Crippen LogP contribution in [0.4, 0.5) is 0 Å². The molecule has 1 aromatic heterocycles. The van der Waals surface area contributed by atoms with Crippen molar-refractivity contribution in [2.45, 2.75) is 58.9 Å². The first kappa shape index (κ1) is 21.8. The Morgan fingerprint density at radius 3 is 2.81 bits per heavy atom. The molecule has 2 aliphatic rings. The van der Waals surface area contributed by atoms with Gasteiger partial charge in [-0.15, -0.1) is 0 Å². The lowest BCUT2D eigenvalue weighted by molar-refractivity contribution is 0.197. The van der Waals surface area contributed by atoms with Crippen molar-refractivity contribution in [1.29, 1.82) is 0 Å². The van der Waals surface area contributed by atoms with Gasteiger partial charge in [-0.2, -0.15) is 4.98 Å². The fourth-order valence-corrected chi connectivity index (χ4v) is 4.62. The van der Waals surface area contributed by atoms with Gasteiger partial charge < -0.3 is 9.64 Å². The molecular formula is C26H36N4O. The zero-order chi connectivity index (χ0) is 21.5. The van der Waals surface area contributed by atoms with Crippen LogP contribution < -0.4 is 4.74 Å². The molecule has 0 spiro atoms. The third-order valence-electron chi connectivity index (χ3n) is 6.32. The Kier molecular flexibility index (Phi) is 7.57. The van der Waals surface area contributed by atoms with Crippen LogP contribution in [-0.2, 0) is 19.4 Å². The van der Waals surface area contributed by atoms with Crippen LogP contribution in [0.25, 0.3) is 5.70 Å². The molecule has 4 rings (SSSR count). The highest BCUT2D eigenvalue weighted by Gasteiger charge is 2.24. The lowest BCUT2D eigenvalue weighted by Gasteiger charge is -2.34. The maximum atomic E-state index is 5.97. The fraction of sp³-hybridized carbons (Fsp3) is 0.538. The molecule has 2 heterocycles. The topological polar surface area (TPSA) is 41.5 Å². The Hall–Kier alpha value is -2.40. The lowest BCUT2D eigenvalue weighted by Crippen LogP contribution is -2.32. The molecule has 1 aromatic carbocycles. The summed E-state index contributed by atoms with van der Waals surface area (Å²) in [6.45, 7) is 10.2. The summed E-state index contributed by atoms with van der Waals surface area (Å²) in [5, 5.41) is 0. The van der Waals surface area contributed by atoms with E-state index in [-0.39, 0.29) is 0 Å². The van der Waals surface area contributed by atoms with Gasteiger partial charge in [-0.3, -0.25) is 4.90 Å². The quantitative estimate of drug-likeness (QED) is 0.557. The smallest absolute Gasteiger partial charge is 0.316 e. The Morgan fingerprint density at radius 2 is 1.94 bits per heavy atom. The Labute approximate surface area is 187 Å². The first-order valence-corrected chi connectivity index (χ1v) is 12.0. The summed E-state index contributed by atoms with van der Waals surface area (Å²) in [7, 11) is 0. The Morgan fingerprint density at radius 1 is 1.03 bits per heavy atom. The maximum Gasteiger partial charge on any atom is 0.316 e. The van der Waals surface area contributed by atoms with Crippen LogP contribution in [-0.4, -0.2) is 52.6 Å². The first-order chi connectivity index (χ1) is 15.3. The van der Waals surface area contributed by atoms with Crippen molar-refractivity contribution in [1.82, 2.24) is 19.8 Å². The molecule has 0 saturated carbocycles. The van der Waals surface area contributed by atoms with Gasteiger partial charge >= 0.3 is 6.01 Å². The molecule has 166 valence electrons. The third kappa shape index (κ3) is 5.45. The molecule has 0 unspecified atom stereocenters. The van der Waals surface area contributed by atoms with Gasteiger partial charge in [0.15, 0.2) is 0 Å². The van der Waals surface area contributed by atoms with E-state index in [1.54, 1.807) is 0 Å². The summed E-state index contributed by atoms with van der Waals surface area (Å²) < 4.78 is 5.97. The minimum atomic E-state index is 0.519. The van der Waals surface area contributed by atoms with E-state index in [9.17, 15) is 0 Å². The van der Waals surface area contributed by atoms with Crippen LogP contribution in [0.2, 0.25) is 0 Å². The zero-order valence-electron chi connectivity index (χ0n) is 19.1. The average molecular weight is 421 g/mol. The van der Waals surface area contributed by atoms with Crippen molar-refractivity contribution >= 4 is 5.70 Å². The molecule has 1 aliphatic heterocycles. The highest BCUT2D eigenvalue weighted by atomic mass is 16.5. The molecule has 0 atom stereocenters. The predicted molar refractivity (Wildman–Crippen MR) is 126 cm³/mol. The summed E-state index contributed by atoms with van der Waals surface area (Å²) in [6.07, 6.45) is 11.2. The highest BCUT2D eigenvalue weighted by Crippen LogP contribution is 2.32. The van der Waals surface area contributed by atoms with E-state index in [4.69, 9.17) is 9.72 Å². The summed E-state index contributed by atoms with van der Waals surface area (Å²) in [4.78, 5) is 14.2. The minimum absolute atomic E-state index is 0.519. The lowest BCUT2D eigenvalue weighted by atomic mass is 9.93. The van der Waals surface area contributed by atoms with Crippen LogP contribution in [0.15, 0.2) is 36.5 Å². The van der Waals surface area contributed by atoms with Crippen molar-refractivity contribution in [2.24, 2.45) is 0 Å². The second-order valence-electron chi connectivity index (χ2n) is 8.62. The van der Waals surface area contributed by atoms with Gasteiger partial charge in [0.05, 0.1) is 12.2 Å². The summed E-state index contributed by atoms with van der Waals surface area (Å²) >= 11 is 0. The summed E-state index contributed by atoms with van der Waals surface area (Å²) in [5.74, 6) is 0. The molecule has 5 heteroatoms. The van der Waals surface area contributed by atoms with Gasteiger partial charge in [-0.25, -0.2) is 4.98 Å². The fourth-order valence-electron chi connectivity index (χ4n) is 4.62. The molecule has 0 radical (unpaired) electrons. The molecule has 2 aromatic rings. The first-order valence-electron chi connectivity index (χ1n) is 12.0. The van der Waals surface area contributed by atoms with Crippen LogP contribution in [0.5, 0.6) is 6.01 Å². The number of ether oxygens (including phenoxy) is 1. The van der Waals surface area contributed by atoms with Gasteiger partial charge in [0.1, 0.15) is 6.61 Å². The SMILES string of the molecule is CCCCN(CCC)CCOc1ncc2c(n1)CN(C1=CCCc3ccccc31)CC2. The molecule has 5 nitrogen and oxygen atoms in total. The van der Waals surface area contributed by atoms with Crippen molar-refractivity contribution in [3.8, 4) is 6.01 Å². The minimum Gasteiger partial charge on any atom is -0.462 e. The maximum absolute atomic E-state index is 5.97. The molecule has 1 aliphatic carbocycles. The number of benzene rings is 1. The van der Waals surface area contributed by atoms with Crippen LogP contribution in [0.1, 0.15) is 61.9 Å². The molecule has 31 heavy (non-hydrogen) atoms. The number of aryl methyl sites for hydroxylation is 1. The average Bonchev–Trinajstić information content (AvgIpc) is 2.81. The number of nitrogens with zero attached hydrogens (tertiary/aromatic N) is 4. The summed E-state index contributed by atoms with van der Waals surface area (Å²) in [6, 6.07) is 9.33. The van der Waals surface area contributed by atoms with Crippen molar-refractivity contribution < 1.29 is 4.74 Å². The number of hydrogen-bond acceptors (Lipinski definition) is 5. The number of unbranched alkanes of at least 4 members (excludes halogenated alkanes) is 1. The molecule has 0 amide bonds. The second-order valence-corrected chi connectivity index (χ2v) is 8.62. The molecule has 0 fully saturated rings. The Bertz CT molecular complexity index is 895. The van der Waals surface area contributed by atoms with E-state index >= 15 is 0 Å². The number of allylic oxidation sites excluding steroid dienone is 1. The molecule has 0 saturated heterocycles. The van der Waals surface area contributed by atoms with Gasteiger partial charge in [-0.1, -0.05) is 50.6 Å². The number of aromatic nitrogens is 2. The molecule has 0 N–H and O–H groups in total. The van der Waals surface area contributed by atoms with E-state index in [2.05, 4.69) is 59.0 Å². The van der Waals surface area contributed by atoms with Crippen LogP contribution >= 0.6 is 0 Å². The predicted octanol–water partition coefficient (Wildman–Crippen LogP) is 4.71. The largest absolute Gasteiger partial charge is 0.462 e. The van der Waals surface area contributed by atoms with Gasteiger partial charge in [0, 0.05) is 30.5 Å². The van der Waals surface area contributed by atoms with Crippen molar-refractivity contribution in [2.75, 3.05) is 32.8 Å². The van der Waals surface area contributed by atoms with E-state index in [0.29, 0.717) is 12.6 Å². The van der Waals surface area contributed by atoms with E-state index < -0.39 is 0 Å². The Balaban J connectivity index is 1.39. The van der Waals surface area contributed by atoms with E-state index in [1.165, 1.54) is 41.6 Å². The number of rotatable bonds is 10. The van der Waals surface area contributed by atoms with Gasteiger partial charge in [-0.05, 0) is 56.3 Å². The summed E-state index contributed by atoms with van der Waals surface area (Å²) in [5.41, 5.74) is 6.56. The monoisotopic (exact) mass is 420 g/mol. The van der Waals surface area contributed by atoms with Crippen molar-refractivity contribution in [3.63, 3.8) is 0 Å². The standard InChI is InChI=1S/C26H36N4O/c1-3-5-15-29(14-4-2)17-18-31-26-27-19-22-13-16-30(20-24(22)28-26)25-12-8-10-21-9-6-7-11-23(21)25/h6-7,9,11-12,19H,3-5,8,10,13-18,20H2,1-2H3. The van der Waals surface area contributed by atoms with Crippen LogP contribution in [0.3, 0.4) is 0 Å². The van der Waals surface area contributed by atoms with E-state index in [1.807, 2.05) is 6.20 Å². The van der Waals surface area contributed by atoms with Crippen LogP contribution in [0, 0.1) is 0 Å². The molecular weight excluding hydrogens is 384 g/mol. The highest BCUT2D eigenvalue weighted by molar-refractivity contribution is 5.69. The number of fused-ring (bicyclic) bond motifs is 2.